The second kappa shape index (κ2) is 6.40. The van der Waals surface area contributed by atoms with Crippen molar-refractivity contribution in [2.75, 3.05) is 12.1 Å². The summed E-state index contributed by atoms with van der Waals surface area (Å²) in [7, 11) is 0. The number of hydrogen-bond donors (Lipinski definition) is 1. The Bertz CT molecular complexity index is 811. The monoisotopic (exact) mass is 321 g/mol. The third-order valence-corrected chi connectivity index (χ3v) is 4.53. The quantitative estimate of drug-likeness (QED) is 0.680. The lowest BCUT2D eigenvalue weighted by Crippen LogP contribution is -2.06. The van der Waals surface area contributed by atoms with E-state index in [-0.39, 0.29) is 12.6 Å². The van der Waals surface area contributed by atoms with E-state index in [1.54, 1.807) is 30.5 Å². The van der Waals surface area contributed by atoms with E-state index in [1.807, 2.05) is 0 Å². The molecule has 4 rings (SSSR count). The highest BCUT2D eigenvalue weighted by molar-refractivity contribution is 6.05. The van der Waals surface area contributed by atoms with Crippen molar-refractivity contribution in [1.82, 2.24) is 0 Å². The van der Waals surface area contributed by atoms with E-state index in [2.05, 4.69) is 23.5 Å². The van der Waals surface area contributed by atoms with Crippen LogP contribution in [0, 0.1) is 0 Å². The smallest absolute Gasteiger partial charge is 0.231 e. The zero-order valence-corrected chi connectivity index (χ0v) is 13.4. The third-order valence-electron chi connectivity index (χ3n) is 4.53. The van der Waals surface area contributed by atoms with Gasteiger partial charge in [-0.25, -0.2) is 0 Å². The highest BCUT2D eigenvalue weighted by atomic mass is 16.7. The number of carbonyl (C=O) groups is 1. The molecule has 0 aromatic heterocycles. The molecule has 0 bridgehead atoms. The zero-order chi connectivity index (χ0) is 16.4. The lowest BCUT2D eigenvalue weighted by molar-refractivity contribution is 0.104. The molecule has 1 aliphatic heterocycles. The topological polar surface area (TPSA) is 47.6 Å². The Balaban J connectivity index is 1.47. The summed E-state index contributed by atoms with van der Waals surface area (Å²) < 4.78 is 10.6. The van der Waals surface area contributed by atoms with Gasteiger partial charge in [-0.15, -0.1) is 0 Å². The number of ketones is 1. The molecule has 0 saturated heterocycles. The fourth-order valence-corrected chi connectivity index (χ4v) is 3.27. The van der Waals surface area contributed by atoms with Crippen molar-refractivity contribution in [2.45, 2.75) is 25.7 Å². The highest BCUT2D eigenvalue weighted by Gasteiger charge is 2.15. The molecule has 1 aliphatic carbocycles. The van der Waals surface area contributed by atoms with Crippen LogP contribution in [-0.4, -0.2) is 12.6 Å². The van der Waals surface area contributed by atoms with Crippen molar-refractivity contribution in [3.8, 4) is 11.5 Å². The largest absolute Gasteiger partial charge is 0.454 e. The number of allylic oxidation sites excluding steroid dienone is 1. The van der Waals surface area contributed by atoms with E-state index in [1.165, 1.54) is 24.0 Å². The maximum Gasteiger partial charge on any atom is 0.231 e. The summed E-state index contributed by atoms with van der Waals surface area (Å²) in [6.07, 6.45) is 8.00. The van der Waals surface area contributed by atoms with Crippen molar-refractivity contribution in [1.29, 1.82) is 0 Å². The summed E-state index contributed by atoms with van der Waals surface area (Å²) in [4.78, 5) is 12.3. The molecular formula is C20H19NO3. The summed E-state index contributed by atoms with van der Waals surface area (Å²) in [6.45, 7) is 0.212. The number of nitrogens with one attached hydrogen (secondary N) is 1. The van der Waals surface area contributed by atoms with Crippen LogP contribution in [-0.2, 0) is 12.8 Å². The van der Waals surface area contributed by atoms with Crippen molar-refractivity contribution in [2.24, 2.45) is 0 Å². The molecule has 2 aromatic carbocycles. The first-order chi connectivity index (χ1) is 11.8. The molecule has 2 aromatic rings. The molecule has 4 nitrogen and oxygen atoms in total. The molecule has 0 spiro atoms. The van der Waals surface area contributed by atoms with Crippen LogP contribution in [0.5, 0.6) is 11.5 Å². The van der Waals surface area contributed by atoms with Gasteiger partial charge in [0.25, 0.3) is 0 Å². The second-order valence-corrected chi connectivity index (χ2v) is 6.06. The molecule has 122 valence electrons. The molecule has 4 heteroatoms. The van der Waals surface area contributed by atoms with Gasteiger partial charge in [-0.3, -0.25) is 4.79 Å². The van der Waals surface area contributed by atoms with Gasteiger partial charge in [0.2, 0.25) is 6.79 Å². The van der Waals surface area contributed by atoms with E-state index in [0.29, 0.717) is 17.1 Å². The van der Waals surface area contributed by atoms with Crippen LogP contribution in [0.3, 0.4) is 0 Å². The summed E-state index contributed by atoms with van der Waals surface area (Å²) >= 11 is 0. The van der Waals surface area contributed by atoms with Gasteiger partial charge in [-0.1, -0.05) is 12.1 Å². The van der Waals surface area contributed by atoms with Gasteiger partial charge in [0.05, 0.1) is 0 Å². The summed E-state index contributed by atoms with van der Waals surface area (Å²) in [5, 5.41) is 3.27. The molecule has 0 amide bonds. The Morgan fingerprint density at radius 2 is 1.92 bits per heavy atom. The fourth-order valence-electron chi connectivity index (χ4n) is 3.27. The lowest BCUT2D eigenvalue weighted by Gasteiger charge is -2.18. The van der Waals surface area contributed by atoms with Crippen LogP contribution in [0.25, 0.3) is 0 Å². The van der Waals surface area contributed by atoms with E-state index in [0.717, 1.165) is 18.5 Å². The Labute approximate surface area is 141 Å². The number of ether oxygens (including phenoxy) is 2. The van der Waals surface area contributed by atoms with Gasteiger partial charge >= 0.3 is 0 Å². The number of rotatable bonds is 4. The predicted molar refractivity (Wildman–Crippen MR) is 92.7 cm³/mol. The van der Waals surface area contributed by atoms with Gasteiger partial charge < -0.3 is 14.8 Å². The minimum Gasteiger partial charge on any atom is -0.454 e. The standard InChI is InChI=1S/C20H19NO3/c22-18(15-8-9-19-20(12-15)24-13-23-19)10-11-21-17-7-3-5-14-4-1-2-6-16(14)17/h3,5,7-12,21H,1-2,4,6,13H2. The molecule has 0 unspecified atom stereocenters. The van der Waals surface area contributed by atoms with Gasteiger partial charge in [-0.2, -0.15) is 0 Å². The summed E-state index contributed by atoms with van der Waals surface area (Å²) in [5.74, 6) is 1.24. The first kappa shape index (κ1) is 14.8. The van der Waals surface area contributed by atoms with Crippen molar-refractivity contribution < 1.29 is 14.3 Å². The number of benzene rings is 2. The number of aryl methyl sites for hydroxylation is 1. The van der Waals surface area contributed by atoms with E-state index in [4.69, 9.17) is 9.47 Å². The molecule has 1 N–H and O–H groups in total. The predicted octanol–water partition coefficient (Wildman–Crippen LogP) is 4.10. The lowest BCUT2D eigenvalue weighted by atomic mass is 9.90. The summed E-state index contributed by atoms with van der Waals surface area (Å²) in [5.41, 5.74) is 4.49. The Hall–Kier alpha value is -2.75. The van der Waals surface area contributed by atoms with Gasteiger partial charge in [0.15, 0.2) is 17.3 Å². The number of fused-ring (bicyclic) bond motifs is 2. The minimum atomic E-state index is -0.0643. The Morgan fingerprint density at radius 3 is 2.88 bits per heavy atom. The molecule has 0 saturated carbocycles. The molecule has 0 radical (unpaired) electrons. The van der Waals surface area contributed by atoms with Gasteiger partial charge in [0.1, 0.15) is 0 Å². The summed E-state index contributed by atoms with van der Waals surface area (Å²) in [6, 6.07) is 11.6. The van der Waals surface area contributed by atoms with Gasteiger partial charge in [-0.05, 0) is 61.1 Å². The molecular weight excluding hydrogens is 302 g/mol. The van der Waals surface area contributed by atoms with Crippen LogP contribution >= 0.6 is 0 Å². The third kappa shape index (κ3) is 2.87. The average Bonchev–Trinajstić information content (AvgIpc) is 3.09. The SMILES string of the molecule is O=C(C=CNc1cccc2c1CCCC2)c1ccc2c(c1)OCO2. The maximum absolute atomic E-state index is 12.3. The first-order valence-electron chi connectivity index (χ1n) is 8.29. The van der Waals surface area contributed by atoms with E-state index >= 15 is 0 Å². The van der Waals surface area contributed by atoms with Crippen molar-refractivity contribution >= 4 is 11.5 Å². The molecule has 2 aliphatic rings. The number of anilines is 1. The molecule has 0 atom stereocenters. The van der Waals surface area contributed by atoms with Crippen LogP contribution in [0.15, 0.2) is 48.7 Å². The average molecular weight is 321 g/mol. The van der Waals surface area contributed by atoms with E-state index < -0.39 is 0 Å². The fraction of sp³-hybridized carbons (Fsp3) is 0.250. The number of carbonyl (C=O) groups excluding carboxylic acids is 1. The van der Waals surface area contributed by atoms with Crippen LogP contribution < -0.4 is 14.8 Å². The Morgan fingerprint density at radius 1 is 1.04 bits per heavy atom. The van der Waals surface area contributed by atoms with Crippen LogP contribution in [0.2, 0.25) is 0 Å². The van der Waals surface area contributed by atoms with E-state index in [9.17, 15) is 4.79 Å². The first-order valence-corrected chi connectivity index (χ1v) is 8.29. The Kier molecular flexibility index (Phi) is 3.95. The maximum atomic E-state index is 12.3. The minimum absolute atomic E-state index is 0.0643. The molecule has 1 heterocycles. The molecule has 24 heavy (non-hydrogen) atoms. The van der Waals surface area contributed by atoms with Crippen molar-refractivity contribution in [3.05, 3.63) is 65.4 Å². The number of hydrogen-bond acceptors (Lipinski definition) is 4. The van der Waals surface area contributed by atoms with Crippen LogP contribution in [0.4, 0.5) is 5.69 Å². The zero-order valence-electron chi connectivity index (χ0n) is 13.4. The van der Waals surface area contributed by atoms with Gasteiger partial charge in [0, 0.05) is 23.5 Å². The van der Waals surface area contributed by atoms with Crippen molar-refractivity contribution in [3.63, 3.8) is 0 Å². The normalized spacial score (nSPS) is 15.3. The highest BCUT2D eigenvalue weighted by Crippen LogP contribution is 2.32. The van der Waals surface area contributed by atoms with Crippen LogP contribution in [0.1, 0.15) is 34.3 Å². The second-order valence-electron chi connectivity index (χ2n) is 6.06. The molecule has 0 fully saturated rings.